The van der Waals surface area contributed by atoms with E-state index in [0.29, 0.717) is 5.75 Å². The van der Waals surface area contributed by atoms with Crippen molar-refractivity contribution in [1.82, 2.24) is 0 Å². The van der Waals surface area contributed by atoms with Crippen molar-refractivity contribution in [2.24, 2.45) is 5.73 Å². The number of ether oxygens (including phenoxy) is 1. The molecule has 21 heavy (non-hydrogen) atoms. The highest BCUT2D eigenvalue weighted by Gasteiger charge is 2.21. The number of thiophene rings is 1. The quantitative estimate of drug-likeness (QED) is 0.886. The molecule has 1 heterocycles. The lowest BCUT2D eigenvalue weighted by molar-refractivity contribution is 0.171. The smallest absolute Gasteiger partial charge is 0.175 e. The minimum Gasteiger partial charge on any atom is -0.484 e. The van der Waals surface area contributed by atoms with Crippen molar-refractivity contribution in [3.8, 4) is 5.75 Å². The summed E-state index contributed by atoms with van der Waals surface area (Å²) in [6.07, 6.45) is 1.75. The van der Waals surface area contributed by atoms with Crippen LogP contribution in [0.5, 0.6) is 5.75 Å². The van der Waals surface area contributed by atoms with E-state index in [4.69, 9.17) is 10.5 Å². The number of rotatable bonds is 6. The molecule has 1 aromatic heterocycles. The molecule has 2 unspecified atom stereocenters. The fraction of sp³-hybridized carbons (Fsp3) is 0.333. The van der Waals surface area contributed by atoms with Gasteiger partial charge in [0.05, 0.1) is 4.90 Å². The number of nitrogens with two attached hydrogens (primary N) is 1. The predicted molar refractivity (Wildman–Crippen MR) is 85.5 cm³/mol. The molecule has 0 saturated heterocycles. The van der Waals surface area contributed by atoms with Gasteiger partial charge in [0.1, 0.15) is 11.9 Å². The van der Waals surface area contributed by atoms with Crippen LogP contribution in [0.3, 0.4) is 0 Å². The summed E-state index contributed by atoms with van der Waals surface area (Å²) in [5.41, 5.74) is 7.18. The molecule has 0 aliphatic rings. The first-order valence-electron chi connectivity index (χ1n) is 6.66. The first kappa shape index (κ1) is 16.0. The number of hydrogen-bond acceptors (Lipinski definition) is 5. The Morgan fingerprint density at radius 1 is 1.24 bits per heavy atom. The lowest BCUT2D eigenvalue weighted by Gasteiger charge is -2.23. The second kappa shape index (κ2) is 6.60. The molecule has 4 nitrogen and oxygen atoms in total. The van der Waals surface area contributed by atoms with Crippen LogP contribution in [0, 0.1) is 0 Å². The van der Waals surface area contributed by atoms with E-state index < -0.39 is 9.84 Å². The summed E-state index contributed by atoms with van der Waals surface area (Å²) in [5, 5.41) is 4.01. The maximum atomic E-state index is 11.4. The predicted octanol–water partition coefficient (Wildman–Crippen LogP) is 3.01. The van der Waals surface area contributed by atoms with Gasteiger partial charge < -0.3 is 10.5 Å². The van der Waals surface area contributed by atoms with Gasteiger partial charge in [-0.1, -0.05) is 6.92 Å². The van der Waals surface area contributed by atoms with Crippen molar-refractivity contribution in [3.05, 3.63) is 46.7 Å². The van der Waals surface area contributed by atoms with Crippen LogP contribution in [-0.4, -0.2) is 20.7 Å². The molecule has 0 aliphatic heterocycles. The molecular weight excluding hydrogens is 306 g/mol. The zero-order chi connectivity index (χ0) is 15.5. The van der Waals surface area contributed by atoms with E-state index in [1.165, 1.54) is 6.26 Å². The summed E-state index contributed by atoms with van der Waals surface area (Å²) in [5.74, 6) is 0.613. The Kier molecular flexibility index (Phi) is 5.03. The molecule has 114 valence electrons. The van der Waals surface area contributed by atoms with Gasteiger partial charge in [0.25, 0.3) is 0 Å². The van der Waals surface area contributed by atoms with Crippen molar-refractivity contribution in [3.63, 3.8) is 0 Å². The molecule has 0 aliphatic carbocycles. The fourth-order valence-electron chi connectivity index (χ4n) is 1.97. The number of hydrogen-bond donors (Lipinski definition) is 1. The molecule has 0 spiro atoms. The van der Waals surface area contributed by atoms with Crippen LogP contribution in [0.25, 0.3) is 0 Å². The number of benzene rings is 1. The van der Waals surface area contributed by atoms with Gasteiger partial charge in [-0.05, 0) is 47.5 Å². The minimum absolute atomic E-state index is 0.116. The van der Waals surface area contributed by atoms with Gasteiger partial charge in [-0.25, -0.2) is 8.42 Å². The van der Waals surface area contributed by atoms with Gasteiger partial charge >= 0.3 is 0 Å². The maximum absolute atomic E-state index is 11.4. The summed E-state index contributed by atoms with van der Waals surface area (Å²) in [7, 11) is -3.19. The van der Waals surface area contributed by atoms with Crippen LogP contribution in [0.15, 0.2) is 46.0 Å². The van der Waals surface area contributed by atoms with Crippen molar-refractivity contribution < 1.29 is 13.2 Å². The molecule has 2 atom stereocenters. The van der Waals surface area contributed by atoms with Gasteiger partial charge in [0.2, 0.25) is 0 Å². The molecular formula is C15H19NO3S2. The lowest BCUT2D eigenvalue weighted by Crippen LogP contribution is -2.31. The average molecular weight is 325 g/mol. The zero-order valence-electron chi connectivity index (χ0n) is 12.0. The molecule has 2 aromatic rings. The van der Waals surface area contributed by atoms with E-state index in [1.54, 1.807) is 35.6 Å². The van der Waals surface area contributed by atoms with Crippen LogP contribution in [0.2, 0.25) is 0 Å². The Hall–Kier alpha value is -1.37. The number of sulfone groups is 1. The molecule has 6 heteroatoms. The molecule has 0 radical (unpaired) electrons. The Bertz CT molecular complexity index is 663. The minimum atomic E-state index is -3.19. The Balaban J connectivity index is 2.21. The third-order valence-electron chi connectivity index (χ3n) is 3.25. The second-order valence-electron chi connectivity index (χ2n) is 4.91. The zero-order valence-corrected chi connectivity index (χ0v) is 13.7. The molecule has 2 rings (SSSR count). The van der Waals surface area contributed by atoms with Crippen LogP contribution in [-0.2, 0) is 9.84 Å². The first-order chi connectivity index (χ1) is 9.91. The van der Waals surface area contributed by atoms with Crippen molar-refractivity contribution in [2.75, 3.05) is 6.26 Å². The van der Waals surface area contributed by atoms with Gasteiger partial charge in [-0.3, -0.25) is 0 Å². The lowest BCUT2D eigenvalue weighted by atomic mass is 10.0. The summed E-state index contributed by atoms with van der Waals surface area (Å²) in [6.45, 7) is 2.01. The van der Waals surface area contributed by atoms with Crippen molar-refractivity contribution in [1.29, 1.82) is 0 Å². The molecule has 0 fully saturated rings. The maximum Gasteiger partial charge on any atom is 0.175 e. The highest BCUT2D eigenvalue weighted by molar-refractivity contribution is 7.90. The van der Waals surface area contributed by atoms with E-state index in [9.17, 15) is 8.42 Å². The van der Waals surface area contributed by atoms with Gasteiger partial charge in [-0.15, -0.1) is 0 Å². The van der Waals surface area contributed by atoms with Gasteiger partial charge in [0, 0.05) is 17.9 Å². The second-order valence-corrected chi connectivity index (χ2v) is 7.71. The summed E-state index contributed by atoms with van der Waals surface area (Å²) >= 11 is 1.60. The topological polar surface area (TPSA) is 69.4 Å². The normalized spacial score (nSPS) is 14.6. The molecule has 1 aromatic carbocycles. The molecule has 0 saturated carbocycles. The Morgan fingerprint density at radius 2 is 1.90 bits per heavy atom. The van der Waals surface area contributed by atoms with Crippen LogP contribution < -0.4 is 10.5 Å². The molecule has 0 amide bonds. The summed E-state index contributed by atoms with van der Waals surface area (Å²) < 4.78 is 28.9. The molecule has 2 N–H and O–H groups in total. The highest BCUT2D eigenvalue weighted by Crippen LogP contribution is 2.27. The van der Waals surface area contributed by atoms with Crippen LogP contribution in [0.1, 0.15) is 25.0 Å². The van der Waals surface area contributed by atoms with Gasteiger partial charge in [0.15, 0.2) is 9.84 Å². The molecule has 0 bridgehead atoms. The fourth-order valence-corrected chi connectivity index (χ4v) is 3.28. The van der Waals surface area contributed by atoms with E-state index >= 15 is 0 Å². The standard InChI is InChI=1S/C15H19NO3S2/c1-3-14(16)15(11-8-9-20-10-11)19-12-4-6-13(7-5-12)21(2,17)18/h4-10,14-15H,3,16H2,1-2H3. The Labute approximate surface area is 129 Å². The van der Waals surface area contributed by atoms with Crippen LogP contribution in [0.4, 0.5) is 0 Å². The van der Waals surface area contributed by atoms with E-state index in [1.807, 2.05) is 23.8 Å². The van der Waals surface area contributed by atoms with Crippen molar-refractivity contribution >= 4 is 21.2 Å². The Morgan fingerprint density at radius 3 is 2.38 bits per heavy atom. The monoisotopic (exact) mass is 325 g/mol. The van der Waals surface area contributed by atoms with E-state index in [2.05, 4.69) is 0 Å². The average Bonchev–Trinajstić information content (AvgIpc) is 2.97. The van der Waals surface area contributed by atoms with Crippen molar-refractivity contribution in [2.45, 2.75) is 30.4 Å². The van der Waals surface area contributed by atoms with Gasteiger partial charge in [-0.2, -0.15) is 11.3 Å². The largest absolute Gasteiger partial charge is 0.484 e. The third-order valence-corrected chi connectivity index (χ3v) is 5.08. The summed E-state index contributed by atoms with van der Waals surface area (Å²) in [4.78, 5) is 0.279. The third kappa shape index (κ3) is 4.06. The highest BCUT2D eigenvalue weighted by atomic mass is 32.2. The SMILES string of the molecule is CCC(N)C(Oc1ccc(S(C)(=O)=O)cc1)c1ccsc1. The van der Waals surface area contributed by atoms with E-state index in [0.717, 1.165) is 12.0 Å². The summed E-state index contributed by atoms with van der Waals surface area (Å²) in [6, 6.07) is 8.31. The van der Waals surface area contributed by atoms with Crippen LogP contribution >= 0.6 is 11.3 Å². The first-order valence-corrected chi connectivity index (χ1v) is 9.49. The van der Waals surface area contributed by atoms with E-state index in [-0.39, 0.29) is 17.0 Å².